The van der Waals surface area contributed by atoms with Crippen LogP contribution in [0.2, 0.25) is 0 Å². The number of nitrogens with zero attached hydrogens (tertiary/aromatic N) is 2. The van der Waals surface area contributed by atoms with Gasteiger partial charge in [0.05, 0.1) is 0 Å². The van der Waals surface area contributed by atoms with Gasteiger partial charge in [0.25, 0.3) is 0 Å². The Bertz CT molecular complexity index is 3530. The van der Waals surface area contributed by atoms with Crippen LogP contribution in [0.4, 0.5) is 34.1 Å². The number of rotatable bonds is 10. The largest absolute Gasteiger partial charge is 0.456 e. The minimum Gasteiger partial charge on any atom is -0.456 e. The third kappa shape index (κ3) is 6.63. The number of para-hydroxylation sites is 4. The minimum atomic E-state index is -3.21. The van der Waals surface area contributed by atoms with Gasteiger partial charge in [0.15, 0.2) is 8.07 Å². The summed E-state index contributed by atoms with van der Waals surface area (Å²) < 4.78 is 6.33. The number of anilines is 6. The highest BCUT2D eigenvalue weighted by molar-refractivity contribution is 7.20. The Morgan fingerprint density at radius 2 is 0.851 bits per heavy atom. The maximum absolute atomic E-state index is 6.33. The molecule has 1 aliphatic carbocycles. The zero-order valence-electron chi connectivity index (χ0n) is 37.6. The summed E-state index contributed by atoms with van der Waals surface area (Å²) in [6, 6.07) is 93.7. The van der Waals surface area contributed by atoms with E-state index in [0.29, 0.717) is 0 Å². The summed E-state index contributed by atoms with van der Waals surface area (Å²) in [5.74, 6) is 0. The number of fused-ring (bicyclic) bond motifs is 6. The predicted molar refractivity (Wildman–Crippen MR) is 284 cm³/mol. The fourth-order valence-corrected chi connectivity index (χ4v) is 15.9. The molecule has 12 rings (SSSR count). The topological polar surface area (TPSA) is 19.6 Å². The highest BCUT2D eigenvalue weighted by Gasteiger charge is 2.44. The van der Waals surface area contributed by atoms with Crippen LogP contribution in [-0.2, 0) is 5.41 Å². The Hall–Kier alpha value is -8.18. The van der Waals surface area contributed by atoms with Gasteiger partial charge in [-0.2, -0.15) is 0 Å². The molecule has 0 saturated carbocycles. The second kappa shape index (κ2) is 16.4. The zero-order valence-corrected chi connectivity index (χ0v) is 38.6. The summed E-state index contributed by atoms with van der Waals surface area (Å²) in [5.41, 5.74) is 13.6. The minimum absolute atomic E-state index is 0.0979. The summed E-state index contributed by atoms with van der Waals surface area (Å²) in [6.07, 6.45) is 0. The van der Waals surface area contributed by atoms with Crippen molar-refractivity contribution >= 4 is 84.9 Å². The Kier molecular flexibility index (Phi) is 9.85. The van der Waals surface area contributed by atoms with E-state index in [2.05, 4.69) is 266 Å². The van der Waals surface area contributed by atoms with Crippen molar-refractivity contribution in [3.63, 3.8) is 0 Å². The molecule has 320 valence electrons. The van der Waals surface area contributed by atoms with E-state index in [4.69, 9.17) is 4.42 Å². The average Bonchev–Trinajstić information content (AvgIpc) is 3.87. The summed E-state index contributed by atoms with van der Waals surface area (Å²) >= 11 is 0. The number of hydrogen-bond donors (Lipinski definition) is 0. The molecule has 0 saturated heterocycles. The van der Waals surface area contributed by atoms with E-state index in [1.165, 1.54) is 43.0 Å². The molecule has 0 aliphatic heterocycles. The van der Waals surface area contributed by atoms with E-state index in [-0.39, 0.29) is 5.41 Å². The number of hydrogen-bond acceptors (Lipinski definition) is 3. The first-order valence-electron chi connectivity index (χ1n) is 23.2. The van der Waals surface area contributed by atoms with Crippen LogP contribution in [0.1, 0.15) is 25.0 Å². The molecule has 0 spiro atoms. The van der Waals surface area contributed by atoms with Gasteiger partial charge in [-0.15, -0.1) is 0 Å². The van der Waals surface area contributed by atoms with Gasteiger partial charge in [0.2, 0.25) is 0 Å². The van der Waals surface area contributed by atoms with Crippen LogP contribution in [0.25, 0.3) is 33.1 Å². The smallest absolute Gasteiger partial charge is 0.181 e. The highest BCUT2D eigenvalue weighted by Crippen LogP contribution is 2.50. The molecule has 10 aromatic carbocycles. The van der Waals surface area contributed by atoms with E-state index >= 15 is 0 Å². The van der Waals surface area contributed by atoms with Gasteiger partial charge in [-0.05, 0) is 122 Å². The van der Waals surface area contributed by atoms with Crippen molar-refractivity contribution < 1.29 is 4.42 Å². The van der Waals surface area contributed by atoms with Crippen molar-refractivity contribution in [3.8, 4) is 11.1 Å². The molecule has 0 amide bonds. The molecule has 0 fully saturated rings. The molecule has 1 aliphatic rings. The first-order chi connectivity index (χ1) is 33.0. The molecular weight excluding hydrogens is 829 g/mol. The monoisotopic (exact) mass is 876 g/mol. The van der Waals surface area contributed by atoms with Crippen LogP contribution in [-0.4, -0.2) is 8.07 Å². The second-order valence-electron chi connectivity index (χ2n) is 18.1. The standard InChI is InChI=1S/C63H48N2OSi/c1-63(2)57-34-17-15-32-53(57)55-43-49(38-40-58(55)63)65(46-24-9-4-10-25-46)59-35-18-20-37-62(59)67(50-27-11-5-12-28-50,51-29-13-6-14-30-51)52-31-21-26-47(42-52)64(45-22-7-3-8-23-45)48-39-41-61-56(44-48)54-33-16-19-36-60(54)66-61/h3-44H,1-2H3. The average molecular weight is 877 g/mol. The van der Waals surface area contributed by atoms with Crippen LogP contribution in [0, 0.1) is 0 Å². The summed E-state index contributed by atoms with van der Waals surface area (Å²) in [5, 5.41) is 7.39. The highest BCUT2D eigenvalue weighted by atomic mass is 28.3. The van der Waals surface area contributed by atoms with Crippen LogP contribution in [0.15, 0.2) is 259 Å². The van der Waals surface area contributed by atoms with Crippen molar-refractivity contribution in [2.45, 2.75) is 19.3 Å². The lowest BCUT2D eigenvalue weighted by Crippen LogP contribution is -2.75. The summed E-state index contributed by atoms with van der Waals surface area (Å²) in [4.78, 5) is 4.90. The normalized spacial score (nSPS) is 12.7. The second-order valence-corrected chi connectivity index (χ2v) is 21.8. The van der Waals surface area contributed by atoms with Gasteiger partial charge in [0, 0.05) is 50.3 Å². The Labute approximate surface area is 393 Å². The van der Waals surface area contributed by atoms with Crippen LogP contribution in [0.5, 0.6) is 0 Å². The lowest BCUT2D eigenvalue weighted by atomic mass is 9.82. The summed E-state index contributed by atoms with van der Waals surface area (Å²) in [7, 11) is -3.21. The van der Waals surface area contributed by atoms with Gasteiger partial charge in [-0.25, -0.2) is 0 Å². The first-order valence-corrected chi connectivity index (χ1v) is 25.2. The van der Waals surface area contributed by atoms with Crippen molar-refractivity contribution in [1.82, 2.24) is 0 Å². The van der Waals surface area contributed by atoms with Gasteiger partial charge < -0.3 is 14.2 Å². The van der Waals surface area contributed by atoms with E-state index in [1.807, 2.05) is 12.1 Å². The van der Waals surface area contributed by atoms with E-state index < -0.39 is 8.07 Å². The molecule has 11 aromatic rings. The Morgan fingerprint density at radius 3 is 1.58 bits per heavy atom. The quantitative estimate of drug-likeness (QED) is 0.101. The Morgan fingerprint density at radius 1 is 0.343 bits per heavy atom. The fraction of sp³-hybridized carbons (Fsp3) is 0.0476. The van der Waals surface area contributed by atoms with Crippen molar-refractivity contribution in [2.24, 2.45) is 0 Å². The number of benzene rings is 10. The lowest BCUT2D eigenvalue weighted by Gasteiger charge is -2.39. The first kappa shape index (κ1) is 40.3. The molecule has 0 radical (unpaired) electrons. The molecular formula is C63H48N2OSi. The molecule has 67 heavy (non-hydrogen) atoms. The van der Waals surface area contributed by atoms with Crippen LogP contribution < -0.4 is 30.5 Å². The van der Waals surface area contributed by atoms with Gasteiger partial charge in [-0.1, -0.05) is 190 Å². The third-order valence-electron chi connectivity index (χ3n) is 14.0. The van der Waals surface area contributed by atoms with E-state index in [1.54, 1.807) is 0 Å². The van der Waals surface area contributed by atoms with Crippen molar-refractivity contribution in [3.05, 3.63) is 266 Å². The van der Waals surface area contributed by atoms with Gasteiger partial charge >= 0.3 is 0 Å². The maximum atomic E-state index is 6.33. The van der Waals surface area contributed by atoms with Crippen LogP contribution in [0.3, 0.4) is 0 Å². The van der Waals surface area contributed by atoms with E-state index in [0.717, 1.165) is 56.1 Å². The maximum Gasteiger partial charge on any atom is 0.181 e. The Balaban J connectivity index is 1.12. The third-order valence-corrected chi connectivity index (χ3v) is 18.8. The molecule has 0 atom stereocenters. The van der Waals surface area contributed by atoms with E-state index in [9.17, 15) is 0 Å². The SMILES string of the molecule is CC1(C)c2ccccc2-c2cc(N(c3ccccc3)c3ccccc3[Si](c3ccccc3)(c3ccccc3)c3cccc(N(c4ccccc4)c4ccc5oc6ccccc6c5c4)c3)ccc21. The summed E-state index contributed by atoms with van der Waals surface area (Å²) in [6.45, 7) is 4.71. The van der Waals surface area contributed by atoms with Gasteiger partial charge in [0.1, 0.15) is 11.2 Å². The zero-order chi connectivity index (χ0) is 45.0. The molecule has 3 nitrogen and oxygen atoms in total. The van der Waals surface area contributed by atoms with Gasteiger partial charge in [-0.3, -0.25) is 0 Å². The van der Waals surface area contributed by atoms with Crippen molar-refractivity contribution in [1.29, 1.82) is 0 Å². The lowest BCUT2D eigenvalue weighted by molar-refractivity contribution is 0.660. The molecule has 4 heteroatoms. The molecule has 0 N–H and O–H groups in total. The molecule has 0 bridgehead atoms. The predicted octanol–water partition coefficient (Wildman–Crippen LogP) is 14.2. The van der Waals surface area contributed by atoms with Crippen molar-refractivity contribution in [2.75, 3.05) is 9.80 Å². The number of furan rings is 1. The molecule has 1 aromatic heterocycles. The molecule has 0 unspecified atom stereocenters. The molecule has 1 heterocycles. The van der Waals surface area contributed by atoms with Crippen LogP contribution >= 0.6 is 0 Å². The fourth-order valence-electron chi connectivity index (χ4n) is 10.9.